The molecule has 0 saturated carbocycles. The first-order valence-electron chi connectivity index (χ1n) is 9.56. The molecule has 0 spiro atoms. The fraction of sp³-hybridized carbons (Fsp3) is 0.0435. The van der Waals surface area contributed by atoms with Gasteiger partial charge in [0.05, 0.1) is 5.69 Å². The Hall–Kier alpha value is -3.84. The maximum Gasteiger partial charge on any atom is 0.155 e. The van der Waals surface area contributed by atoms with Gasteiger partial charge in [0.2, 0.25) is 0 Å². The van der Waals surface area contributed by atoms with Crippen molar-refractivity contribution >= 4 is 33.4 Å². The zero-order valence-electron chi connectivity index (χ0n) is 16.0. The Labute approximate surface area is 175 Å². The third-order valence-corrected chi connectivity index (χ3v) is 6.24. The van der Waals surface area contributed by atoms with Gasteiger partial charge >= 0.3 is 0 Å². The van der Waals surface area contributed by atoms with E-state index in [2.05, 4.69) is 67.4 Å². The molecule has 144 valence electrons. The molecule has 7 heteroatoms. The molecule has 0 atom stereocenters. The lowest BCUT2D eigenvalue weighted by atomic mass is 10.1. The predicted octanol–water partition coefficient (Wildman–Crippen LogP) is 5.60. The van der Waals surface area contributed by atoms with Crippen LogP contribution in [-0.4, -0.2) is 30.1 Å². The highest BCUT2D eigenvalue weighted by molar-refractivity contribution is 7.15. The van der Waals surface area contributed by atoms with Crippen LogP contribution in [-0.2, 0) is 0 Å². The Morgan fingerprint density at radius 3 is 2.67 bits per heavy atom. The summed E-state index contributed by atoms with van der Waals surface area (Å²) in [5, 5.41) is 9.63. The second kappa shape index (κ2) is 6.60. The second-order valence-electron chi connectivity index (χ2n) is 7.15. The maximum absolute atomic E-state index is 4.55. The van der Waals surface area contributed by atoms with Gasteiger partial charge in [0.1, 0.15) is 11.3 Å². The van der Waals surface area contributed by atoms with Crippen molar-refractivity contribution in [3.63, 3.8) is 0 Å². The number of H-pyrrole nitrogens is 2. The zero-order valence-corrected chi connectivity index (χ0v) is 16.9. The fourth-order valence-corrected chi connectivity index (χ4v) is 4.66. The van der Waals surface area contributed by atoms with Crippen LogP contribution in [0.4, 0.5) is 0 Å². The van der Waals surface area contributed by atoms with Crippen LogP contribution in [0.15, 0.2) is 67.3 Å². The van der Waals surface area contributed by atoms with Crippen molar-refractivity contribution in [3.05, 3.63) is 72.1 Å². The zero-order chi connectivity index (χ0) is 20.1. The molecule has 0 fully saturated rings. The molecule has 30 heavy (non-hydrogen) atoms. The SMILES string of the molecule is Cc1ccc(-c2ccnc3[nH]c(-c4n[nH]c5ncc(-c6cccnc6)cc45)cc23)s1. The minimum atomic E-state index is 0.748. The van der Waals surface area contributed by atoms with E-state index in [4.69, 9.17) is 0 Å². The monoisotopic (exact) mass is 408 g/mol. The number of rotatable bonds is 3. The Morgan fingerprint density at radius 2 is 1.83 bits per heavy atom. The van der Waals surface area contributed by atoms with Crippen molar-refractivity contribution in [2.45, 2.75) is 6.92 Å². The van der Waals surface area contributed by atoms with Crippen LogP contribution >= 0.6 is 11.3 Å². The van der Waals surface area contributed by atoms with Crippen LogP contribution < -0.4 is 0 Å². The number of thiophene rings is 1. The summed E-state index contributed by atoms with van der Waals surface area (Å²) >= 11 is 1.79. The van der Waals surface area contributed by atoms with Gasteiger partial charge in [0, 0.05) is 62.0 Å². The Bertz CT molecular complexity index is 1510. The molecule has 0 aliphatic carbocycles. The maximum atomic E-state index is 4.55. The van der Waals surface area contributed by atoms with Gasteiger partial charge in [-0.2, -0.15) is 5.10 Å². The summed E-state index contributed by atoms with van der Waals surface area (Å²) in [5.74, 6) is 0. The number of fused-ring (bicyclic) bond motifs is 2. The molecule has 0 amide bonds. The average Bonchev–Trinajstić information content (AvgIpc) is 3.51. The van der Waals surface area contributed by atoms with Gasteiger partial charge < -0.3 is 4.98 Å². The van der Waals surface area contributed by atoms with Crippen LogP contribution in [0, 0.1) is 6.92 Å². The van der Waals surface area contributed by atoms with E-state index in [1.807, 2.05) is 30.7 Å². The highest BCUT2D eigenvalue weighted by atomic mass is 32.1. The molecule has 2 N–H and O–H groups in total. The largest absolute Gasteiger partial charge is 0.338 e. The summed E-state index contributed by atoms with van der Waals surface area (Å²) in [4.78, 5) is 19.3. The number of aryl methyl sites for hydroxylation is 1. The molecule has 0 radical (unpaired) electrons. The van der Waals surface area contributed by atoms with Crippen LogP contribution in [0.5, 0.6) is 0 Å². The molecule has 0 aliphatic heterocycles. The number of hydrogen-bond donors (Lipinski definition) is 2. The van der Waals surface area contributed by atoms with Gasteiger partial charge in [-0.05, 0) is 43.3 Å². The molecule has 6 heterocycles. The fourth-order valence-electron chi connectivity index (χ4n) is 3.75. The lowest BCUT2D eigenvalue weighted by Gasteiger charge is -2.01. The van der Waals surface area contributed by atoms with Gasteiger partial charge in [-0.1, -0.05) is 6.07 Å². The smallest absolute Gasteiger partial charge is 0.155 e. The van der Waals surface area contributed by atoms with E-state index in [1.165, 1.54) is 15.3 Å². The third-order valence-electron chi connectivity index (χ3n) is 5.20. The Morgan fingerprint density at radius 1 is 0.867 bits per heavy atom. The lowest BCUT2D eigenvalue weighted by Crippen LogP contribution is -1.83. The van der Waals surface area contributed by atoms with E-state index in [0.29, 0.717) is 0 Å². The molecular formula is C23H16N6S. The van der Waals surface area contributed by atoms with Gasteiger partial charge in [-0.3, -0.25) is 10.1 Å². The highest BCUT2D eigenvalue weighted by Crippen LogP contribution is 2.36. The molecule has 6 nitrogen and oxygen atoms in total. The summed E-state index contributed by atoms with van der Waals surface area (Å²) in [7, 11) is 0. The van der Waals surface area contributed by atoms with E-state index in [0.717, 1.165) is 44.6 Å². The van der Waals surface area contributed by atoms with Crippen molar-refractivity contribution in [2.24, 2.45) is 0 Å². The van der Waals surface area contributed by atoms with Gasteiger partial charge in [-0.25, -0.2) is 9.97 Å². The quantitative estimate of drug-likeness (QED) is 0.399. The number of pyridine rings is 3. The second-order valence-corrected chi connectivity index (χ2v) is 8.44. The predicted molar refractivity (Wildman–Crippen MR) is 120 cm³/mol. The van der Waals surface area contributed by atoms with Crippen molar-refractivity contribution in [1.29, 1.82) is 0 Å². The molecule has 0 aliphatic rings. The molecule has 0 bridgehead atoms. The van der Waals surface area contributed by atoms with Crippen LogP contribution in [0.1, 0.15) is 4.88 Å². The average molecular weight is 408 g/mol. The van der Waals surface area contributed by atoms with Gasteiger partial charge in [0.25, 0.3) is 0 Å². The van der Waals surface area contributed by atoms with E-state index >= 15 is 0 Å². The minimum absolute atomic E-state index is 0.748. The molecule has 0 unspecified atom stereocenters. The summed E-state index contributed by atoms with van der Waals surface area (Å²) < 4.78 is 0. The number of aromatic amines is 2. The lowest BCUT2D eigenvalue weighted by molar-refractivity contribution is 1.10. The number of aromatic nitrogens is 6. The molecule has 6 aromatic heterocycles. The van der Waals surface area contributed by atoms with E-state index in [-0.39, 0.29) is 0 Å². The number of hydrogen-bond acceptors (Lipinski definition) is 5. The molecule has 0 aromatic carbocycles. The van der Waals surface area contributed by atoms with Crippen molar-refractivity contribution in [3.8, 4) is 33.0 Å². The van der Waals surface area contributed by atoms with Crippen molar-refractivity contribution in [1.82, 2.24) is 30.1 Å². The molecular weight excluding hydrogens is 392 g/mol. The van der Waals surface area contributed by atoms with Crippen molar-refractivity contribution in [2.75, 3.05) is 0 Å². The normalized spacial score (nSPS) is 11.5. The first-order valence-corrected chi connectivity index (χ1v) is 10.4. The topological polar surface area (TPSA) is 83.1 Å². The summed E-state index contributed by atoms with van der Waals surface area (Å²) in [5.41, 5.74) is 6.54. The standard InChI is InChI=1S/C23H16N6S/c1-13-4-5-20(30-13)16-6-8-25-22-17(16)10-19(27-22)21-18-9-15(12-26-23(18)29-28-21)14-3-2-7-24-11-14/h2-12H,1H3,(H,25,27)(H,26,28,29). The van der Waals surface area contributed by atoms with Crippen LogP contribution in [0.3, 0.4) is 0 Å². The Balaban J connectivity index is 1.52. The highest BCUT2D eigenvalue weighted by Gasteiger charge is 2.16. The number of nitrogens with one attached hydrogen (secondary N) is 2. The first-order chi connectivity index (χ1) is 14.8. The van der Waals surface area contributed by atoms with Crippen molar-refractivity contribution < 1.29 is 0 Å². The van der Waals surface area contributed by atoms with Gasteiger partial charge in [0.15, 0.2) is 5.65 Å². The molecule has 6 aromatic rings. The number of nitrogens with zero attached hydrogens (tertiary/aromatic N) is 4. The van der Waals surface area contributed by atoms with Crippen LogP contribution in [0.25, 0.3) is 55.0 Å². The van der Waals surface area contributed by atoms with Crippen LogP contribution in [0.2, 0.25) is 0 Å². The Kier molecular flexibility index (Phi) is 3.75. The summed E-state index contributed by atoms with van der Waals surface area (Å²) in [6.45, 7) is 2.12. The third kappa shape index (κ3) is 2.71. The first kappa shape index (κ1) is 17.1. The van der Waals surface area contributed by atoms with E-state index in [9.17, 15) is 0 Å². The minimum Gasteiger partial charge on any atom is -0.338 e. The van der Waals surface area contributed by atoms with E-state index in [1.54, 1.807) is 17.5 Å². The molecule has 0 saturated heterocycles. The van der Waals surface area contributed by atoms with Gasteiger partial charge in [-0.15, -0.1) is 11.3 Å². The molecule has 6 rings (SSSR count). The summed E-state index contributed by atoms with van der Waals surface area (Å²) in [6.07, 6.45) is 7.29. The van der Waals surface area contributed by atoms with E-state index < -0.39 is 0 Å². The summed E-state index contributed by atoms with van der Waals surface area (Å²) in [6, 6.07) is 14.5.